The molecule has 5 heavy (non-hydrogen) atoms. The van der Waals surface area contributed by atoms with E-state index in [9.17, 15) is 0 Å². The molecule has 0 aliphatic carbocycles. The zero-order chi connectivity index (χ0) is 0. The summed E-state index contributed by atoms with van der Waals surface area (Å²) in [5.41, 5.74) is 0. The normalized spacial score (nSPS) is 0. The topological polar surface area (TPSA) is 0 Å². The summed E-state index contributed by atoms with van der Waals surface area (Å²) in [5, 5.41) is 0. The van der Waals surface area contributed by atoms with E-state index >= 15 is 0 Å². The fraction of sp³-hybridized carbons (Fsp3) is 0. The maximum atomic E-state index is 0. The van der Waals surface area contributed by atoms with Crippen molar-refractivity contribution in [2.45, 2.75) is 0 Å². The van der Waals surface area contributed by atoms with Crippen molar-refractivity contribution in [1.29, 1.82) is 0 Å². The van der Waals surface area contributed by atoms with Crippen LogP contribution in [0.4, 0.5) is 0 Å². The fourth-order valence-corrected chi connectivity index (χ4v) is 0. The molecular weight excluding hydrogens is 272 g/mol. The van der Waals surface area contributed by atoms with Gasteiger partial charge in [0, 0.05) is 72.7 Å². The Morgan fingerprint density at radius 1 is 1.00 bits per heavy atom. The van der Waals surface area contributed by atoms with Gasteiger partial charge in [0.15, 0.2) is 0 Å². The van der Waals surface area contributed by atoms with Gasteiger partial charge in [-0.15, -0.1) is 0 Å². The minimum absolute atomic E-state index is 0. The first-order valence-electron chi connectivity index (χ1n) is 0. The van der Waals surface area contributed by atoms with Gasteiger partial charge in [-0.1, -0.05) is 0 Å². The first-order chi connectivity index (χ1) is 0. The van der Waals surface area contributed by atoms with Crippen molar-refractivity contribution in [2.24, 2.45) is 0 Å². The zero-order valence-electron chi connectivity index (χ0n) is 1.47. The van der Waals surface area contributed by atoms with Crippen LogP contribution < -0.4 is 0 Å². The SMILES string of the molecule is [Co].[LiH].[Mn].[Nb].[Ni]. The molecule has 0 aromatic heterocycles. The van der Waals surface area contributed by atoms with Gasteiger partial charge in [0.1, 0.15) is 0 Å². The van der Waals surface area contributed by atoms with E-state index in [1.165, 1.54) is 0 Å². The van der Waals surface area contributed by atoms with Gasteiger partial charge in [0.2, 0.25) is 0 Å². The third-order valence-corrected chi connectivity index (χ3v) is 0. The molecular formula is HCoLiMnNbNi. The fourth-order valence-electron chi connectivity index (χ4n) is 0. The monoisotopic (exact) mass is 273 g/mol. The van der Waals surface area contributed by atoms with Gasteiger partial charge in [-0.3, -0.25) is 0 Å². The van der Waals surface area contributed by atoms with Gasteiger partial charge in [0.25, 0.3) is 0 Å². The van der Waals surface area contributed by atoms with Gasteiger partial charge in [-0.25, -0.2) is 0 Å². The molecule has 0 atom stereocenters. The van der Waals surface area contributed by atoms with Crippen LogP contribution in [0.2, 0.25) is 0 Å². The summed E-state index contributed by atoms with van der Waals surface area (Å²) in [4.78, 5) is 0. The maximum Gasteiger partial charge on any atom is 0 e. The van der Waals surface area contributed by atoms with E-state index < -0.39 is 0 Å². The molecule has 5 heteroatoms. The van der Waals surface area contributed by atoms with Gasteiger partial charge < -0.3 is 0 Å². The summed E-state index contributed by atoms with van der Waals surface area (Å²) in [5.74, 6) is 0. The van der Waals surface area contributed by atoms with Crippen LogP contribution in [0.3, 0.4) is 0 Å². The van der Waals surface area contributed by atoms with E-state index in [2.05, 4.69) is 0 Å². The Morgan fingerprint density at radius 2 is 1.00 bits per heavy atom. The van der Waals surface area contributed by atoms with Crippen molar-refractivity contribution in [3.8, 4) is 0 Å². The van der Waals surface area contributed by atoms with Gasteiger partial charge >= 0.3 is 18.9 Å². The molecule has 0 spiro atoms. The predicted octanol–water partition coefficient (Wildman–Crippen LogP) is -0.659. The number of rotatable bonds is 0. The Hall–Kier alpha value is 2.86. The van der Waals surface area contributed by atoms with Crippen molar-refractivity contribution in [3.63, 3.8) is 0 Å². The Morgan fingerprint density at radius 3 is 1.00 bits per heavy atom. The predicted molar refractivity (Wildman–Crippen MR) is 7.15 cm³/mol. The Kier molecular flexibility index (Phi) is 261. The Bertz CT molecular complexity index is 11.6. The van der Waals surface area contributed by atoms with Crippen molar-refractivity contribution in [1.82, 2.24) is 0 Å². The molecule has 0 heterocycles. The van der Waals surface area contributed by atoms with E-state index in [1.807, 2.05) is 0 Å². The summed E-state index contributed by atoms with van der Waals surface area (Å²) in [7, 11) is 0. The van der Waals surface area contributed by atoms with Crippen molar-refractivity contribution >= 4 is 18.9 Å². The van der Waals surface area contributed by atoms with Crippen LogP contribution in [0.25, 0.3) is 0 Å². The molecule has 3 radical (unpaired) electrons. The number of hydrogen-bond donors (Lipinski definition) is 0. The van der Waals surface area contributed by atoms with E-state index in [0.29, 0.717) is 0 Å². The molecule has 0 aromatic rings. The molecule has 0 rings (SSSR count). The largest absolute Gasteiger partial charge is 0 e. The average molecular weight is 273 g/mol. The molecule has 0 N–H and O–H groups in total. The van der Waals surface area contributed by atoms with Crippen LogP contribution >= 0.6 is 0 Å². The first kappa shape index (κ1) is 45.3. The molecule has 0 aromatic carbocycles. The standard InChI is InChI=1S/Co.Li.Mn.Nb.Ni.H. The number of hydrogen-bond acceptors (Lipinski definition) is 0. The third-order valence-electron chi connectivity index (χ3n) is 0. The van der Waals surface area contributed by atoms with Crippen LogP contribution in [0.1, 0.15) is 0 Å². The molecule has 0 saturated carbocycles. The van der Waals surface area contributed by atoms with Crippen LogP contribution in [-0.2, 0) is 72.7 Å². The van der Waals surface area contributed by atoms with Crippen LogP contribution in [0.15, 0.2) is 0 Å². The Balaban J connectivity index is 0. The van der Waals surface area contributed by atoms with E-state index in [-0.39, 0.29) is 91.6 Å². The summed E-state index contributed by atoms with van der Waals surface area (Å²) < 4.78 is 0. The zero-order valence-corrected chi connectivity index (χ0v) is 6.88. The summed E-state index contributed by atoms with van der Waals surface area (Å²) in [6.45, 7) is 0. The van der Waals surface area contributed by atoms with Gasteiger partial charge in [-0.05, 0) is 0 Å². The van der Waals surface area contributed by atoms with Crippen LogP contribution in [0, 0.1) is 0 Å². The molecule has 0 aliphatic heterocycles. The second-order valence-electron chi connectivity index (χ2n) is 0. The molecule has 0 bridgehead atoms. The van der Waals surface area contributed by atoms with Gasteiger partial charge in [0.05, 0.1) is 0 Å². The molecule has 0 unspecified atom stereocenters. The summed E-state index contributed by atoms with van der Waals surface area (Å²) in [6, 6.07) is 0. The quantitative estimate of drug-likeness (QED) is 0.514. The molecule has 0 nitrogen and oxygen atoms in total. The second-order valence-corrected chi connectivity index (χ2v) is 0. The van der Waals surface area contributed by atoms with Gasteiger partial charge in [-0.2, -0.15) is 0 Å². The second kappa shape index (κ2) is 28.8. The van der Waals surface area contributed by atoms with Crippen LogP contribution in [0.5, 0.6) is 0 Å². The smallest absolute Gasteiger partial charge is 0 e. The van der Waals surface area contributed by atoms with Crippen molar-refractivity contribution in [2.75, 3.05) is 0 Å². The van der Waals surface area contributed by atoms with Crippen molar-refractivity contribution in [3.05, 3.63) is 0 Å². The Labute approximate surface area is 90.3 Å². The van der Waals surface area contributed by atoms with E-state index in [0.717, 1.165) is 0 Å². The molecule has 0 aliphatic rings. The molecule has 33 valence electrons. The average Bonchev–Trinajstić information content (AvgIpc) is 0. The van der Waals surface area contributed by atoms with Crippen LogP contribution in [-0.4, -0.2) is 18.9 Å². The summed E-state index contributed by atoms with van der Waals surface area (Å²) >= 11 is 0. The first-order valence-corrected chi connectivity index (χ1v) is 0. The molecule has 0 amide bonds. The minimum atomic E-state index is 0. The van der Waals surface area contributed by atoms with E-state index in [1.54, 1.807) is 0 Å². The molecule has 0 saturated heterocycles. The summed E-state index contributed by atoms with van der Waals surface area (Å²) in [6.07, 6.45) is 0. The molecule has 0 fully saturated rings. The third kappa shape index (κ3) is 19.8. The minimum Gasteiger partial charge on any atom is 0 e. The van der Waals surface area contributed by atoms with Crippen molar-refractivity contribution < 1.29 is 72.7 Å². The van der Waals surface area contributed by atoms with E-state index in [4.69, 9.17) is 0 Å². The maximum absolute atomic E-state index is 0.